The molecule has 1 aromatic rings. The zero-order valence-corrected chi connectivity index (χ0v) is 15.1. The zero-order chi connectivity index (χ0) is 20.6. The summed E-state index contributed by atoms with van der Waals surface area (Å²) >= 11 is 0. The van der Waals surface area contributed by atoms with Crippen molar-refractivity contribution in [3.63, 3.8) is 0 Å². The maximum atomic E-state index is 12.4. The van der Waals surface area contributed by atoms with Crippen LogP contribution in [-0.2, 0) is 30.5 Å². The lowest BCUT2D eigenvalue weighted by Crippen LogP contribution is -2.71. The van der Waals surface area contributed by atoms with Gasteiger partial charge in [-0.2, -0.15) is 0 Å². The highest BCUT2D eigenvalue weighted by atomic mass is 16.6. The summed E-state index contributed by atoms with van der Waals surface area (Å²) in [5.41, 5.74) is 0.398. The van der Waals surface area contributed by atoms with E-state index in [0.717, 1.165) is 9.80 Å². The normalized spacial score (nSPS) is 22.9. The SMILES string of the molecule is COC(=O)N(C)C1C(=O)N2C(C(=O)OCc3ccc([N+](=O)[O-])cc3)C(=O)C[C@H]12. The predicted molar refractivity (Wildman–Crippen MR) is 90.9 cm³/mol. The van der Waals surface area contributed by atoms with Crippen molar-refractivity contribution in [3.05, 3.63) is 39.9 Å². The summed E-state index contributed by atoms with van der Waals surface area (Å²) < 4.78 is 9.69. The van der Waals surface area contributed by atoms with Gasteiger partial charge in [0.05, 0.1) is 18.1 Å². The number of methoxy groups -OCH3 is 1. The van der Waals surface area contributed by atoms with E-state index in [1.165, 1.54) is 38.4 Å². The van der Waals surface area contributed by atoms with Gasteiger partial charge in [0.15, 0.2) is 11.8 Å². The number of carbonyl (C=O) groups excluding carboxylic acids is 4. The Balaban J connectivity index is 1.63. The number of amides is 2. The molecule has 2 aliphatic rings. The molecular formula is C17H17N3O8. The Morgan fingerprint density at radius 2 is 1.93 bits per heavy atom. The van der Waals surface area contributed by atoms with Crippen molar-refractivity contribution in [2.45, 2.75) is 31.2 Å². The first-order valence-corrected chi connectivity index (χ1v) is 8.32. The van der Waals surface area contributed by atoms with Crippen LogP contribution in [0, 0.1) is 10.1 Å². The van der Waals surface area contributed by atoms with E-state index in [1.54, 1.807) is 0 Å². The lowest BCUT2D eigenvalue weighted by Gasteiger charge is -2.46. The summed E-state index contributed by atoms with van der Waals surface area (Å²) in [5.74, 6) is -1.87. The molecule has 2 heterocycles. The molecule has 1 aromatic carbocycles. The average molecular weight is 391 g/mol. The smallest absolute Gasteiger partial charge is 0.409 e. The third-order valence-electron chi connectivity index (χ3n) is 4.85. The van der Waals surface area contributed by atoms with Gasteiger partial charge in [0.2, 0.25) is 5.91 Å². The number of β-lactam (4-membered cyclic amide) rings is 1. The number of nitro benzene ring substituents is 1. The van der Waals surface area contributed by atoms with E-state index in [1.807, 2.05) is 0 Å². The maximum absolute atomic E-state index is 12.4. The van der Waals surface area contributed by atoms with Crippen LogP contribution < -0.4 is 0 Å². The van der Waals surface area contributed by atoms with Gasteiger partial charge in [0.1, 0.15) is 12.6 Å². The van der Waals surface area contributed by atoms with E-state index in [2.05, 4.69) is 4.74 Å². The summed E-state index contributed by atoms with van der Waals surface area (Å²) in [4.78, 5) is 60.9. The first-order valence-electron chi connectivity index (χ1n) is 8.32. The second-order valence-electron chi connectivity index (χ2n) is 6.44. The number of hydrogen-bond acceptors (Lipinski definition) is 8. The number of nitrogens with zero attached hydrogens (tertiary/aromatic N) is 3. The van der Waals surface area contributed by atoms with Gasteiger partial charge in [-0.25, -0.2) is 9.59 Å². The molecule has 0 N–H and O–H groups in total. The molecule has 2 amide bonds. The minimum Gasteiger partial charge on any atom is -0.459 e. The number of fused-ring (bicyclic) bond motifs is 1. The number of non-ortho nitro benzene ring substituents is 1. The summed E-state index contributed by atoms with van der Waals surface area (Å²) in [6, 6.07) is 2.60. The molecule has 0 aliphatic carbocycles. The van der Waals surface area contributed by atoms with Crippen molar-refractivity contribution in [1.29, 1.82) is 0 Å². The van der Waals surface area contributed by atoms with Crippen LogP contribution in [0.3, 0.4) is 0 Å². The molecule has 0 radical (unpaired) electrons. The van der Waals surface area contributed by atoms with Crippen molar-refractivity contribution >= 4 is 29.4 Å². The Bertz CT molecular complexity index is 852. The molecule has 2 saturated heterocycles. The van der Waals surface area contributed by atoms with Crippen molar-refractivity contribution in [3.8, 4) is 0 Å². The van der Waals surface area contributed by atoms with Gasteiger partial charge in [-0.3, -0.25) is 24.6 Å². The van der Waals surface area contributed by atoms with E-state index in [4.69, 9.17) is 4.74 Å². The second kappa shape index (κ2) is 7.25. The molecule has 0 saturated carbocycles. The van der Waals surface area contributed by atoms with Gasteiger partial charge in [0, 0.05) is 25.6 Å². The Kier molecular flexibility index (Phi) is 4.99. The molecule has 2 aliphatic heterocycles. The molecule has 0 bridgehead atoms. The quantitative estimate of drug-likeness (QED) is 0.229. The van der Waals surface area contributed by atoms with E-state index in [-0.39, 0.29) is 18.7 Å². The minimum atomic E-state index is -1.35. The van der Waals surface area contributed by atoms with Gasteiger partial charge in [-0.05, 0) is 17.7 Å². The van der Waals surface area contributed by atoms with Crippen molar-refractivity contribution < 1.29 is 33.6 Å². The molecule has 2 fully saturated rings. The number of hydrogen-bond donors (Lipinski definition) is 0. The largest absolute Gasteiger partial charge is 0.459 e. The number of esters is 1. The lowest BCUT2D eigenvalue weighted by molar-refractivity contribution is -0.384. The van der Waals surface area contributed by atoms with Crippen LogP contribution in [0.2, 0.25) is 0 Å². The minimum absolute atomic E-state index is 0.0605. The van der Waals surface area contributed by atoms with E-state index < -0.39 is 46.8 Å². The summed E-state index contributed by atoms with van der Waals surface area (Å²) in [6.45, 7) is -0.196. The van der Waals surface area contributed by atoms with Crippen LogP contribution in [0.5, 0.6) is 0 Å². The Hall–Kier alpha value is -3.50. The highest BCUT2D eigenvalue weighted by Gasteiger charge is 2.62. The average Bonchev–Trinajstić information content (AvgIpc) is 2.98. The molecule has 0 spiro atoms. The number of benzene rings is 1. The third-order valence-corrected chi connectivity index (χ3v) is 4.85. The molecule has 11 nitrogen and oxygen atoms in total. The van der Waals surface area contributed by atoms with Gasteiger partial charge < -0.3 is 14.4 Å². The Labute approximate surface area is 158 Å². The molecule has 0 aromatic heterocycles. The van der Waals surface area contributed by atoms with Crippen LogP contribution in [0.25, 0.3) is 0 Å². The fraction of sp³-hybridized carbons (Fsp3) is 0.412. The highest BCUT2D eigenvalue weighted by molar-refractivity contribution is 6.12. The number of rotatable bonds is 5. The van der Waals surface area contributed by atoms with Crippen molar-refractivity contribution in [1.82, 2.24) is 9.80 Å². The van der Waals surface area contributed by atoms with Crippen LogP contribution in [0.1, 0.15) is 12.0 Å². The number of Topliss-reactive ketones (excluding diaryl/α,β-unsaturated/α-hetero) is 1. The molecule has 2 unspecified atom stereocenters. The fourth-order valence-corrected chi connectivity index (χ4v) is 3.43. The number of ketones is 1. The molecule has 3 atom stereocenters. The van der Waals surface area contributed by atoms with Crippen molar-refractivity contribution in [2.24, 2.45) is 0 Å². The Morgan fingerprint density at radius 1 is 1.29 bits per heavy atom. The summed E-state index contributed by atoms with van der Waals surface area (Å²) in [6.07, 6.45) is -0.774. The monoisotopic (exact) mass is 391 g/mol. The standard InChI is InChI=1S/C17H17N3O8/c1-18(17(24)27-2)13-11-7-12(21)14(19(11)15(13)22)16(23)28-8-9-3-5-10(6-4-9)20(25)26/h3-6,11,13-14H,7-8H2,1-2H3/t11-,13?,14?/m1/s1. The maximum Gasteiger partial charge on any atom is 0.409 e. The van der Waals surface area contributed by atoms with Crippen LogP contribution in [-0.4, -0.2) is 70.8 Å². The highest BCUT2D eigenvalue weighted by Crippen LogP contribution is 2.36. The van der Waals surface area contributed by atoms with E-state index in [9.17, 15) is 29.3 Å². The molecule has 148 valence electrons. The first-order chi connectivity index (χ1) is 13.3. The molecule has 11 heteroatoms. The number of nitro groups is 1. The van der Waals surface area contributed by atoms with Gasteiger partial charge >= 0.3 is 12.1 Å². The van der Waals surface area contributed by atoms with E-state index >= 15 is 0 Å². The zero-order valence-electron chi connectivity index (χ0n) is 15.1. The molecule has 28 heavy (non-hydrogen) atoms. The number of ether oxygens (including phenoxy) is 2. The van der Waals surface area contributed by atoms with Gasteiger partial charge in [-0.15, -0.1) is 0 Å². The molecule has 3 rings (SSSR count). The van der Waals surface area contributed by atoms with E-state index in [0.29, 0.717) is 5.56 Å². The van der Waals surface area contributed by atoms with Gasteiger partial charge in [0.25, 0.3) is 5.69 Å². The number of likely N-dealkylation sites (N-methyl/N-ethyl adjacent to an activating group) is 1. The second-order valence-corrected chi connectivity index (χ2v) is 6.44. The number of carbonyl (C=O) groups is 4. The van der Waals surface area contributed by atoms with Crippen molar-refractivity contribution in [2.75, 3.05) is 14.2 Å². The first kappa shape index (κ1) is 19.3. The Morgan fingerprint density at radius 3 is 2.50 bits per heavy atom. The van der Waals surface area contributed by atoms with Crippen LogP contribution in [0.4, 0.5) is 10.5 Å². The predicted octanol–water partition coefficient (Wildman–Crippen LogP) is 0.257. The summed E-state index contributed by atoms with van der Waals surface area (Å²) in [5, 5.41) is 10.6. The van der Waals surface area contributed by atoms with Crippen LogP contribution >= 0.6 is 0 Å². The topological polar surface area (TPSA) is 136 Å². The lowest BCUT2D eigenvalue weighted by atomic mass is 9.95. The van der Waals surface area contributed by atoms with Crippen LogP contribution in [0.15, 0.2) is 24.3 Å². The summed E-state index contributed by atoms with van der Waals surface area (Å²) in [7, 11) is 2.56. The third kappa shape index (κ3) is 3.15. The molecular weight excluding hydrogens is 374 g/mol. The fourth-order valence-electron chi connectivity index (χ4n) is 3.43. The van der Waals surface area contributed by atoms with Gasteiger partial charge in [-0.1, -0.05) is 0 Å².